The first-order valence-corrected chi connectivity index (χ1v) is 6.75. The molecule has 0 radical (unpaired) electrons. The maximum absolute atomic E-state index is 5.36. The van der Waals surface area contributed by atoms with Crippen LogP contribution in [0.25, 0.3) is 0 Å². The van der Waals surface area contributed by atoms with Crippen LogP contribution in [-0.4, -0.2) is 47.7 Å². The largest absolute Gasteiger partial charge is 0.520 e. The minimum Gasteiger partial charge on any atom is -0.376 e. The van der Waals surface area contributed by atoms with Crippen LogP contribution in [0.15, 0.2) is 12.3 Å². The van der Waals surface area contributed by atoms with Gasteiger partial charge >= 0.3 is 8.80 Å². The molecule has 0 saturated carbocycles. The molecule has 1 aliphatic rings. The maximum atomic E-state index is 5.36. The van der Waals surface area contributed by atoms with Gasteiger partial charge in [-0.05, 0) is 19.0 Å². The third kappa shape index (κ3) is 2.81. The molecule has 1 rings (SSSR count). The van der Waals surface area contributed by atoms with Crippen LogP contribution in [0.1, 0.15) is 12.8 Å². The molecular formula is C9H19NO3Si. The highest BCUT2D eigenvalue weighted by Crippen LogP contribution is 2.12. The minimum absolute atomic E-state index is 0.729. The summed E-state index contributed by atoms with van der Waals surface area (Å²) < 4.78 is 16.1. The molecule has 0 saturated heterocycles. The third-order valence-electron chi connectivity index (χ3n) is 2.46. The van der Waals surface area contributed by atoms with Gasteiger partial charge < -0.3 is 18.2 Å². The fraction of sp³-hybridized carbons (Fsp3) is 0.778. The molecule has 1 aliphatic heterocycles. The van der Waals surface area contributed by atoms with Crippen molar-refractivity contribution in [1.29, 1.82) is 0 Å². The van der Waals surface area contributed by atoms with Gasteiger partial charge in [-0.3, -0.25) is 0 Å². The summed E-state index contributed by atoms with van der Waals surface area (Å²) in [6, 6.07) is 0. The molecular weight excluding hydrogens is 198 g/mol. The Hall–Kier alpha value is -0.363. The average Bonchev–Trinajstić information content (AvgIpc) is 2.28. The van der Waals surface area contributed by atoms with Crippen molar-refractivity contribution in [1.82, 2.24) is 4.90 Å². The Bertz CT molecular complexity index is 186. The lowest BCUT2D eigenvalue weighted by molar-refractivity contribution is 0.109. The molecule has 0 unspecified atom stereocenters. The van der Waals surface area contributed by atoms with E-state index in [1.165, 1.54) is 6.42 Å². The summed E-state index contributed by atoms with van der Waals surface area (Å²) in [7, 11) is 2.51. The van der Waals surface area contributed by atoms with E-state index in [4.69, 9.17) is 13.3 Å². The highest BCUT2D eigenvalue weighted by atomic mass is 28.4. The molecule has 1 heterocycles. The van der Waals surface area contributed by atoms with Crippen molar-refractivity contribution in [2.75, 3.05) is 34.0 Å². The number of hydrogen-bond acceptors (Lipinski definition) is 4. The van der Waals surface area contributed by atoms with Gasteiger partial charge in [0.2, 0.25) is 0 Å². The van der Waals surface area contributed by atoms with Crippen molar-refractivity contribution in [3.63, 3.8) is 0 Å². The lowest BCUT2D eigenvalue weighted by Crippen LogP contribution is -2.52. The first-order valence-electron chi connectivity index (χ1n) is 4.82. The van der Waals surface area contributed by atoms with E-state index in [2.05, 4.69) is 17.2 Å². The van der Waals surface area contributed by atoms with Crippen molar-refractivity contribution in [2.24, 2.45) is 0 Å². The molecule has 0 aromatic heterocycles. The molecule has 5 heteroatoms. The average molecular weight is 217 g/mol. The van der Waals surface area contributed by atoms with Crippen molar-refractivity contribution >= 4 is 8.80 Å². The lowest BCUT2D eigenvalue weighted by atomic mass is 10.2. The molecule has 4 nitrogen and oxygen atoms in total. The summed E-state index contributed by atoms with van der Waals surface area (Å²) in [5.74, 6) is 0. The first-order chi connectivity index (χ1) is 6.76. The molecule has 0 N–H and O–H groups in total. The molecule has 0 aromatic rings. The van der Waals surface area contributed by atoms with Gasteiger partial charge in [-0.25, -0.2) is 0 Å². The molecule has 0 fully saturated rings. The highest BCUT2D eigenvalue weighted by molar-refractivity contribution is 6.60. The fourth-order valence-electron chi connectivity index (χ4n) is 1.53. The van der Waals surface area contributed by atoms with Crippen LogP contribution in [-0.2, 0) is 13.3 Å². The van der Waals surface area contributed by atoms with E-state index < -0.39 is 8.80 Å². The summed E-state index contributed by atoms with van der Waals surface area (Å²) in [4.78, 5) is 2.20. The zero-order valence-corrected chi connectivity index (χ0v) is 10.2. The predicted molar refractivity (Wildman–Crippen MR) is 56.7 cm³/mol. The Labute approximate surface area is 86.8 Å². The topological polar surface area (TPSA) is 30.9 Å². The van der Waals surface area contributed by atoms with Gasteiger partial charge in [0, 0.05) is 27.9 Å². The van der Waals surface area contributed by atoms with Gasteiger partial charge in [0.05, 0.1) is 6.17 Å². The van der Waals surface area contributed by atoms with Crippen LogP contribution in [0.2, 0.25) is 0 Å². The van der Waals surface area contributed by atoms with Gasteiger partial charge in [-0.2, -0.15) is 0 Å². The van der Waals surface area contributed by atoms with Gasteiger partial charge in [-0.1, -0.05) is 6.08 Å². The van der Waals surface area contributed by atoms with Crippen LogP contribution in [0.5, 0.6) is 0 Å². The number of nitrogens with zero attached hydrogens (tertiary/aromatic N) is 1. The van der Waals surface area contributed by atoms with E-state index in [0.29, 0.717) is 0 Å². The summed E-state index contributed by atoms with van der Waals surface area (Å²) in [5, 5.41) is 0. The summed E-state index contributed by atoms with van der Waals surface area (Å²) >= 11 is 0. The van der Waals surface area contributed by atoms with Crippen molar-refractivity contribution in [3.8, 4) is 0 Å². The Morgan fingerprint density at radius 3 is 2.29 bits per heavy atom. The quantitative estimate of drug-likeness (QED) is 0.643. The highest BCUT2D eigenvalue weighted by Gasteiger charge is 2.39. The predicted octanol–water partition coefficient (Wildman–Crippen LogP) is 1.01. The molecule has 82 valence electrons. The monoisotopic (exact) mass is 217 g/mol. The second-order valence-electron chi connectivity index (χ2n) is 3.29. The normalized spacial score (nSPS) is 17.5. The second kappa shape index (κ2) is 5.50. The van der Waals surface area contributed by atoms with Gasteiger partial charge in [0.1, 0.15) is 0 Å². The molecule has 0 spiro atoms. The van der Waals surface area contributed by atoms with Crippen molar-refractivity contribution in [3.05, 3.63) is 12.3 Å². The van der Waals surface area contributed by atoms with Crippen LogP contribution < -0.4 is 0 Å². The Morgan fingerprint density at radius 1 is 1.21 bits per heavy atom. The molecule has 0 amide bonds. The summed E-state index contributed by atoms with van der Waals surface area (Å²) in [6.45, 7) is 1.06. The molecule has 0 aliphatic carbocycles. The van der Waals surface area contributed by atoms with E-state index in [1.54, 1.807) is 21.3 Å². The zero-order chi connectivity index (χ0) is 10.4. The minimum atomic E-state index is -2.43. The fourth-order valence-corrected chi connectivity index (χ4v) is 3.18. The number of hydrogen-bond donors (Lipinski definition) is 0. The van der Waals surface area contributed by atoms with E-state index in [9.17, 15) is 0 Å². The van der Waals surface area contributed by atoms with Crippen LogP contribution in [0.3, 0.4) is 0 Å². The third-order valence-corrected chi connectivity index (χ3v) is 5.12. The van der Waals surface area contributed by atoms with Crippen LogP contribution >= 0.6 is 0 Å². The van der Waals surface area contributed by atoms with Crippen LogP contribution in [0.4, 0.5) is 0 Å². The molecule has 0 bridgehead atoms. The van der Waals surface area contributed by atoms with Crippen molar-refractivity contribution in [2.45, 2.75) is 12.8 Å². The van der Waals surface area contributed by atoms with Crippen LogP contribution in [0, 0.1) is 0 Å². The van der Waals surface area contributed by atoms with E-state index in [0.717, 1.165) is 19.1 Å². The van der Waals surface area contributed by atoms with E-state index in [-0.39, 0.29) is 0 Å². The van der Waals surface area contributed by atoms with Crippen molar-refractivity contribution < 1.29 is 13.3 Å². The summed E-state index contributed by atoms with van der Waals surface area (Å²) in [5.41, 5.74) is 0. The Morgan fingerprint density at radius 2 is 1.86 bits per heavy atom. The van der Waals surface area contributed by atoms with E-state index in [1.807, 2.05) is 0 Å². The van der Waals surface area contributed by atoms with Gasteiger partial charge in [-0.15, -0.1) is 0 Å². The number of rotatable bonds is 5. The number of allylic oxidation sites excluding steroid dienone is 1. The zero-order valence-electron chi connectivity index (χ0n) is 9.16. The summed E-state index contributed by atoms with van der Waals surface area (Å²) in [6.07, 6.45) is 7.36. The van der Waals surface area contributed by atoms with Gasteiger partial charge in [0.25, 0.3) is 0 Å². The molecule has 0 aromatic carbocycles. The Kier molecular flexibility index (Phi) is 4.60. The van der Waals surface area contributed by atoms with Gasteiger partial charge in [0.15, 0.2) is 0 Å². The second-order valence-corrected chi connectivity index (χ2v) is 6.20. The molecule has 0 atom stereocenters. The maximum Gasteiger partial charge on any atom is 0.520 e. The SMILES string of the molecule is CO[Si](CN1C=CCCC1)(OC)OC. The first kappa shape index (κ1) is 11.7. The smallest absolute Gasteiger partial charge is 0.376 e. The lowest BCUT2D eigenvalue weighted by Gasteiger charge is -2.31. The standard InChI is InChI=1S/C9H19NO3Si/c1-11-14(12-2,13-3)9-10-7-5-4-6-8-10/h5,7H,4,6,8-9H2,1-3H3. The Balaban J connectivity index is 2.53. The molecule has 14 heavy (non-hydrogen) atoms. The van der Waals surface area contributed by atoms with E-state index >= 15 is 0 Å².